The molecule has 0 amide bonds. The molecular weight excluding hydrogens is 396 g/mol. The number of fused-ring (bicyclic) bond motifs is 3. The second-order valence-corrected chi connectivity index (χ2v) is 8.30. The first kappa shape index (κ1) is 19.0. The Morgan fingerprint density at radius 2 is 2.11 bits per heavy atom. The molecule has 1 aliphatic carbocycles. The van der Waals surface area contributed by atoms with E-state index in [4.69, 9.17) is 16.3 Å². The summed E-state index contributed by atoms with van der Waals surface area (Å²) in [5, 5.41) is 10.9. The zero-order chi connectivity index (χ0) is 19.7. The van der Waals surface area contributed by atoms with Crippen molar-refractivity contribution in [2.45, 2.75) is 39.0 Å². The van der Waals surface area contributed by atoms with Gasteiger partial charge in [0.25, 0.3) is 5.56 Å². The molecule has 4 rings (SSSR count). The van der Waals surface area contributed by atoms with Gasteiger partial charge in [0.15, 0.2) is 11.5 Å². The molecule has 0 unspecified atom stereocenters. The number of rotatable bonds is 4. The third kappa shape index (κ3) is 3.66. The molecule has 0 atom stereocenters. The molecule has 7 heteroatoms. The van der Waals surface area contributed by atoms with Crippen LogP contribution >= 0.6 is 22.9 Å². The van der Waals surface area contributed by atoms with Crippen LogP contribution in [-0.2, 0) is 12.8 Å². The fourth-order valence-electron chi connectivity index (χ4n) is 3.57. The second-order valence-electron chi connectivity index (χ2n) is 6.81. The summed E-state index contributed by atoms with van der Waals surface area (Å²) >= 11 is 7.71. The first-order valence-corrected chi connectivity index (χ1v) is 10.6. The number of H-pyrrole nitrogens is 1. The summed E-state index contributed by atoms with van der Waals surface area (Å²) in [6.45, 7) is 2.26. The van der Waals surface area contributed by atoms with Crippen LogP contribution in [0.4, 0.5) is 0 Å². The normalized spacial score (nSPS) is 14.4. The van der Waals surface area contributed by atoms with Crippen molar-refractivity contribution in [1.82, 2.24) is 9.97 Å². The zero-order valence-electron chi connectivity index (χ0n) is 15.5. The molecule has 5 nitrogen and oxygen atoms in total. The van der Waals surface area contributed by atoms with Crippen molar-refractivity contribution in [2.75, 3.05) is 6.61 Å². The van der Waals surface area contributed by atoms with E-state index in [-0.39, 0.29) is 16.3 Å². The van der Waals surface area contributed by atoms with Crippen LogP contribution in [-0.4, -0.2) is 21.7 Å². The largest absolute Gasteiger partial charge is 0.503 e. The van der Waals surface area contributed by atoms with Crippen molar-refractivity contribution in [2.24, 2.45) is 0 Å². The average Bonchev–Trinajstić information content (AvgIpc) is 2.86. The predicted octanol–water partition coefficient (Wildman–Crippen LogP) is 5.18. The van der Waals surface area contributed by atoms with Gasteiger partial charge in [-0.15, -0.1) is 11.3 Å². The Morgan fingerprint density at radius 3 is 2.93 bits per heavy atom. The molecule has 1 aliphatic rings. The molecule has 2 heterocycles. The summed E-state index contributed by atoms with van der Waals surface area (Å²) in [4.78, 5) is 22.3. The van der Waals surface area contributed by atoms with Gasteiger partial charge in [-0.05, 0) is 61.9 Å². The lowest BCUT2D eigenvalue weighted by atomic mass is 10.1. The number of hydrogen-bond acceptors (Lipinski definition) is 5. The van der Waals surface area contributed by atoms with Gasteiger partial charge in [-0.25, -0.2) is 4.98 Å². The van der Waals surface area contributed by atoms with Gasteiger partial charge in [-0.3, -0.25) is 4.79 Å². The molecule has 0 fully saturated rings. The minimum Gasteiger partial charge on any atom is -0.503 e. The fourth-order valence-corrected chi connectivity index (χ4v) is 5.06. The maximum Gasteiger partial charge on any atom is 0.260 e. The third-order valence-corrected chi connectivity index (χ3v) is 6.35. The first-order valence-electron chi connectivity index (χ1n) is 9.44. The minimum absolute atomic E-state index is 0.0753. The van der Waals surface area contributed by atoms with E-state index in [0.717, 1.165) is 35.0 Å². The van der Waals surface area contributed by atoms with Crippen molar-refractivity contribution in [3.63, 3.8) is 0 Å². The molecule has 1 aromatic carbocycles. The molecular formula is C21H21ClN2O3S. The number of halogens is 1. The molecule has 2 N–H and O–H groups in total. The van der Waals surface area contributed by atoms with Gasteiger partial charge in [0.1, 0.15) is 10.7 Å². The lowest BCUT2D eigenvalue weighted by Gasteiger charge is -2.08. The van der Waals surface area contributed by atoms with Crippen molar-refractivity contribution >= 4 is 45.3 Å². The Hall–Kier alpha value is -2.31. The Balaban J connectivity index is 1.70. The molecule has 0 spiro atoms. The van der Waals surface area contributed by atoms with E-state index in [9.17, 15) is 9.90 Å². The summed E-state index contributed by atoms with van der Waals surface area (Å²) < 4.78 is 5.40. The van der Waals surface area contributed by atoms with E-state index in [0.29, 0.717) is 18.2 Å². The second kappa shape index (κ2) is 7.97. The van der Waals surface area contributed by atoms with Crippen LogP contribution in [0.1, 0.15) is 48.0 Å². The summed E-state index contributed by atoms with van der Waals surface area (Å²) in [7, 11) is 0. The molecule has 0 radical (unpaired) electrons. The molecule has 0 aliphatic heterocycles. The molecule has 2 aromatic heterocycles. The Morgan fingerprint density at radius 1 is 1.29 bits per heavy atom. The smallest absolute Gasteiger partial charge is 0.260 e. The minimum atomic E-state index is -0.0807. The molecule has 146 valence electrons. The number of aryl methyl sites for hydroxylation is 2. The standard InChI is InChI=1S/C21H21ClN2O3S/c1-2-27-15-11-12(10-14(22)19(15)25)8-9-17-23-20(26)18-13-6-4-3-5-7-16(13)28-21(18)24-17/h8-11,25H,2-7H2,1H3,(H,23,24,26)/b9-8+. The highest BCUT2D eigenvalue weighted by molar-refractivity contribution is 7.18. The predicted molar refractivity (Wildman–Crippen MR) is 115 cm³/mol. The Bertz CT molecular complexity index is 1120. The Kier molecular flexibility index (Phi) is 5.42. The summed E-state index contributed by atoms with van der Waals surface area (Å²) in [6.07, 6.45) is 9.04. The SMILES string of the molecule is CCOc1cc(/C=C/c2nc3sc4c(c3c(=O)[nH]2)CCCCC4)cc(Cl)c1O. The van der Waals surface area contributed by atoms with Gasteiger partial charge >= 0.3 is 0 Å². The topological polar surface area (TPSA) is 75.2 Å². The van der Waals surface area contributed by atoms with E-state index in [1.807, 2.05) is 6.92 Å². The molecule has 0 bridgehead atoms. The fraction of sp³-hybridized carbons (Fsp3) is 0.333. The van der Waals surface area contributed by atoms with Crippen molar-refractivity contribution in [3.05, 3.63) is 49.3 Å². The molecule has 0 saturated carbocycles. The highest BCUT2D eigenvalue weighted by Crippen LogP contribution is 2.36. The van der Waals surface area contributed by atoms with E-state index in [1.54, 1.807) is 35.6 Å². The quantitative estimate of drug-likeness (QED) is 0.574. The summed E-state index contributed by atoms with van der Waals surface area (Å²) in [5.41, 5.74) is 1.85. The van der Waals surface area contributed by atoms with Crippen LogP contribution in [0.2, 0.25) is 5.02 Å². The van der Waals surface area contributed by atoms with Crippen LogP contribution in [0, 0.1) is 0 Å². The van der Waals surface area contributed by atoms with Crippen LogP contribution in [0.25, 0.3) is 22.4 Å². The van der Waals surface area contributed by atoms with Crippen molar-refractivity contribution in [3.8, 4) is 11.5 Å². The number of phenols is 1. The average molecular weight is 417 g/mol. The van der Waals surface area contributed by atoms with Crippen LogP contribution in [0.15, 0.2) is 16.9 Å². The number of aromatic nitrogens is 2. The van der Waals surface area contributed by atoms with Gasteiger partial charge in [0.2, 0.25) is 0 Å². The number of aromatic amines is 1. The van der Waals surface area contributed by atoms with Gasteiger partial charge in [-0.2, -0.15) is 0 Å². The number of aromatic hydroxyl groups is 1. The molecule has 0 saturated heterocycles. The van der Waals surface area contributed by atoms with Crippen molar-refractivity contribution in [1.29, 1.82) is 0 Å². The number of benzene rings is 1. The Labute approximate surface area is 171 Å². The number of thiophene rings is 1. The van der Waals surface area contributed by atoms with Gasteiger partial charge in [-0.1, -0.05) is 24.1 Å². The lowest BCUT2D eigenvalue weighted by molar-refractivity contribution is 0.318. The monoisotopic (exact) mass is 416 g/mol. The van der Waals surface area contributed by atoms with Gasteiger partial charge in [0.05, 0.1) is 17.0 Å². The summed E-state index contributed by atoms with van der Waals surface area (Å²) in [5.74, 6) is 0.748. The number of hydrogen-bond donors (Lipinski definition) is 2. The van der Waals surface area contributed by atoms with E-state index in [1.165, 1.54) is 23.3 Å². The van der Waals surface area contributed by atoms with Gasteiger partial charge in [0, 0.05) is 4.88 Å². The van der Waals surface area contributed by atoms with Crippen LogP contribution in [0.5, 0.6) is 11.5 Å². The highest BCUT2D eigenvalue weighted by Gasteiger charge is 2.18. The molecule has 3 aromatic rings. The van der Waals surface area contributed by atoms with E-state index in [2.05, 4.69) is 9.97 Å². The first-order chi connectivity index (χ1) is 13.6. The van der Waals surface area contributed by atoms with E-state index >= 15 is 0 Å². The number of phenolic OH excluding ortho intramolecular Hbond substituents is 1. The number of nitrogens with one attached hydrogen (secondary N) is 1. The maximum atomic E-state index is 12.7. The third-order valence-electron chi connectivity index (χ3n) is 4.88. The van der Waals surface area contributed by atoms with Crippen molar-refractivity contribution < 1.29 is 9.84 Å². The van der Waals surface area contributed by atoms with Crippen LogP contribution in [0.3, 0.4) is 0 Å². The number of nitrogens with zero attached hydrogens (tertiary/aromatic N) is 1. The summed E-state index contributed by atoms with van der Waals surface area (Å²) in [6, 6.07) is 3.34. The highest BCUT2D eigenvalue weighted by atomic mass is 35.5. The van der Waals surface area contributed by atoms with Crippen LogP contribution < -0.4 is 10.3 Å². The molecule has 28 heavy (non-hydrogen) atoms. The van der Waals surface area contributed by atoms with Gasteiger partial charge < -0.3 is 14.8 Å². The lowest BCUT2D eigenvalue weighted by Crippen LogP contribution is -2.10. The maximum absolute atomic E-state index is 12.7. The van der Waals surface area contributed by atoms with E-state index < -0.39 is 0 Å². The zero-order valence-corrected chi connectivity index (χ0v) is 17.1. The number of ether oxygens (including phenoxy) is 1.